The molecule has 3 aromatic rings. The molecule has 1 aromatic heterocycles. The number of methoxy groups -OCH3 is 1. The van der Waals surface area contributed by atoms with Crippen molar-refractivity contribution in [3.63, 3.8) is 0 Å². The Morgan fingerprint density at radius 3 is 2.50 bits per heavy atom. The Morgan fingerprint density at radius 1 is 1.09 bits per heavy atom. The van der Waals surface area contributed by atoms with Crippen molar-refractivity contribution in [2.45, 2.75) is 11.4 Å². The van der Waals surface area contributed by atoms with Gasteiger partial charge >= 0.3 is 0 Å². The molecule has 0 aliphatic carbocycles. The van der Waals surface area contributed by atoms with Crippen LogP contribution in [-0.2, 0) is 28.4 Å². The summed E-state index contributed by atoms with van der Waals surface area (Å²) in [5.74, 6) is 0.551. The minimum Gasteiger partial charge on any atom is -0.497 e. The molecule has 4 rings (SSSR count). The van der Waals surface area contributed by atoms with Crippen LogP contribution in [0.25, 0.3) is 10.8 Å². The third-order valence-electron chi connectivity index (χ3n) is 5.69. The number of nitrogens with zero attached hydrogens (tertiary/aromatic N) is 3. The number of ether oxygens (including phenoxy) is 2. The highest BCUT2D eigenvalue weighted by molar-refractivity contribution is 7.89. The smallest absolute Gasteiger partial charge is 0.270 e. The molecule has 1 saturated heterocycles. The van der Waals surface area contributed by atoms with Gasteiger partial charge in [-0.3, -0.25) is 4.79 Å². The number of benzene rings is 2. The van der Waals surface area contributed by atoms with Gasteiger partial charge < -0.3 is 18.9 Å². The van der Waals surface area contributed by atoms with Crippen LogP contribution in [0.2, 0.25) is 0 Å². The van der Waals surface area contributed by atoms with E-state index in [1.165, 1.54) is 16.6 Å². The van der Waals surface area contributed by atoms with Crippen LogP contribution in [0.4, 0.5) is 0 Å². The van der Waals surface area contributed by atoms with Gasteiger partial charge in [0.25, 0.3) is 5.91 Å². The molecule has 8 nitrogen and oxygen atoms in total. The highest BCUT2D eigenvalue weighted by atomic mass is 32.2. The zero-order chi connectivity index (χ0) is 22.9. The van der Waals surface area contributed by atoms with Gasteiger partial charge in [-0.25, -0.2) is 8.42 Å². The third-order valence-corrected chi connectivity index (χ3v) is 7.55. The number of aromatic nitrogens is 1. The van der Waals surface area contributed by atoms with Crippen LogP contribution < -0.4 is 4.74 Å². The van der Waals surface area contributed by atoms with Crippen molar-refractivity contribution < 1.29 is 22.7 Å². The topological polar surface area (TPSA) is 81.1 Å². The van der Waals surface area contributed by atoms with Crippen LogP contribution >= 0.6 is 0 Å². The molecule has 2 aromatic carbocycles. The van der Waals surface area contributed by atoms with Crippen molar-refractivity contribution in [2.75, 3.05) is 40.5 Å². The lowest BCUT2D eigenvalue weighted by Crippen LogP contribution is -2.40. The van der Waals surface area contributed by atoms with E-state index in [0.717, 1.165) is 22.1 Å². The van der Waals surface area contributed by atoms with Gasteiger partial charge in [-0.05, 0) is 40.6 Å². The van der Waals surface area contributed by atoms with Gasteiger partial charge in [-0.1, -0.05) is 18.2 Å². The molecule has 170 valence electrons. The predicted molar refractivity (Wildman–Crippen MR) is 121 cm³/mol. The van der Waals surface area contributed by atoms with E-state index < -0.39 is 10.0 Å². The number of amides is 1. The average Bonchev–Trinajstić information content (AvgIpc) is 3.21. The van der Waals surface area contributed by atoms with Gasteiger partial charge in [0.15, 0.2) is 0 Å². The van der Waals surface area contributed by atoms with Crippen LogP contribution in [-0.4, -0.2) is 68.6 Å². The van der Waals surface area contributed by atoms with E-state index in [2.05, 4.69) is 0 Å². The molecule has 0 bridgehead atoms. The molecule has 2 heterocycles. The van der Waals surface area contributed by atoms with Gasteiger partial charge in [0.05, 0.1) is 20.3 Å². The van der Waals surface area contributed by atoms with E-state index in [-0.39, 0.29) is 10.8 Å². The van der Waals surface area contributed by atoms with E-state index in [0.29, 0.717) is 38.5 Å². The summed E-state index contributed by atoms with van der Waals surface area (Å²) in [4.78, 5) is 14.8. The van der Waals surface area contributed by atoms with Crippen molar-refractivity contribution in [2.24, 2.45) is 7.05 Å². The van der Waals surface area contributed by atoms with Crippen LogP contribution in [0.1, 0.15) is 16.1 Å². The van der Waals surface area contributed by atoms with Crippen LogP contribution in [0.3, 0.4) is 0 Å². The van der Waals surface area contributed by atoms with E-state index in [1.807, 2.05) is 36.4 Å². The summed E-state index contributed by atoms with van der Waals surface area (Å²) in [6.07, 6.45) is 1.50. The lowest BCUT2D eigenvalue weighted by atomic mass is 10.1. The summed E-state index contributed by atoms with van der Waals surface area (Å²) < 4.78 is 39.3. The van der Waals surface area contributed by atoms with Gasteiger partial charge in [0.1, 0.15) is 16.3 Å². The SMILES string of the molecule is COc1ccc2cc(CN(C)C(=O)c3cc(S(=O)(=O)N4CCOCC4)cn3C)ccc2c1. The molecule has 1 aliphatic rings. The fraction of sp³-hybridized carbons (Fsp3) is 0.348. The number of morpholine rings is 1. The van der Waals surface area contributed by atoms with Crippen molar-refractivity contribution in [3.8, 4) is 5.75 Å². The summed E-state index contributed by atoms with van der Waals surface area (Å²) in [7, 11) is 1.37. The Bertz CT molecular complexity index is 1250. The standard InChI is InChI=1S/C23H27N3O5S/c1-24-16-21(32(28,29)26-8-10-31-11-9-26)14-22(24)23(27)25(2)15-17-4-5-19-13-20(30-3)7-6-18(19)12-17/h4-7,12-14,16H,8-11,15H2,1-3H3. The number of rotatable bonds is 6. The summed E-state index contributed by atoms with van der Waals surface area (Å²) in [6, 6.07) is 13.3. The highest BCUT2D eigenvalue weighted by Crippen LogP contribution is 2.24. The lowest BCUT2D eigenvalue weighted by molar-refractivity contribution is 0.0730. The summed E-state index contributed by atoms with van der Waals surface area (Å²) >= 11 is 0. The molecule has 0 unspecified atom stereocenters. The molecule has 1 aliphatic heterocycles. The Balaban J connectivity index is 1.52. The number of carbonyl (C=O) groups excluding carboxylic acids is 1. The first-order valence-electron chi connectivity index (χ1n) is 10.4. The maximum atomic E-state index is 13.1. The molecule has 0 spiro atoms. The predicted octanol–water partition coefficient (Wildman–Crippen LogP) is 2.48. The Hall–Kier alpha value is -2.88. The number of aryl methyl sites for hydroxylation is 1. The second-order valence-electron chi connectivity index (χ2n) is 7.90. The molecular formula is C23H27N3O5S. The highest BCUT2D eigenvalue weighted by Gasteiger charge is 2.29. The summed E-state index contributed by atoms with van der Waals surface area (Å²) in [6.45, 7) is 1.78. The summed E-state index contributed by atoms with van der Waals surface area (Å²) in [5, 5.41) is 2.12. The number of sulfonamides is 1. The van der Waals surface area contributed by atoms with E-state index in [1.54, 1.807) is 30.7 Å². The molecule has 0 atom stereocenters. The maximum absolute atomic E-state index is 13.1. The average molecular weight is 458 g/mol. The van der Waals surface area contributed by atoms with Crippen LogP contribution in [0, 0.1) is 0 Å². The first-order valence-corrected chi connectivity index (χ1v) is 11.8. The van der Waals surface area contributed by atoms with E-state index in [4.69, 9.17) is 9.47 Å². The maximum Gasteiger partial charge on any atom is 0.270 e. The molecular weight excluding hydrogens is 430 g/mol. The Labute approximate surface area is 188 Å². The number of fused-ring (bicyclic) bond motifs is 1. The normalized spacial score (nSPS) is 15.1. The lowest BCUT2D eigenvalue weighted by Gasteiger charge is -2.25. The van der Waals surface area contributed by atoms with E-state index >= 15 is 0 Å². The fourth-order valence-electron chi connectivity index (χ4n) is 3.86. The number of hydrogen-bond acceptors (Lipinski definition) is 5. The minimum atomic E-state index is -3.66. The molecule has 0 N–H and O–H groups in total. The van der Waals surface area contributed by atoms with Crippen LogP contribution in [0.15, 0.2) is 53.6 Å². The number of hydrogen-bond donors (Lipinski definition) is 0. The van der Waals surface area contributed by atoms with Gasteiger partial charge in [0.2, 0.25) is 10.0 Å². The summed E-state index contributed by atoms with van der Waals surface area (Å²) in [5.41, 5.74) is 1.30. The first kappa shape index (κ1) is 22.3. The zero-order valence-corrected chi connectivity index (χ0v) is 19.3. The van der Waals surface area contributed by atoms with Crippen molar-refractivity contribution >= 4 is 26.7 Å². The Morgan fingerprint density at radius 2 is 1.78 bits per heavy atom. The molecule has 9 heteroatoms. The largest absolute Gasteiger partial charge is 0.497 e. The van der Waals surface area contributed by atoms with Crippen LogP contribution in [0.5, 0.6) is 5.75 Å². The Kier molecular flexibility index (Phi) is 6.23. The first-order chi connectivity index (χ1) is 15.3. The van der Waals surface area contributed by atoms with Crippen molar-refractivity contribution in [1.29, 1.82) is 0 Å². The van der Waals surface area contributed by atoms with Gasteiger partial charge in [-0.15, -0.1) is 0 Å². The second-order valence-corrected chi connectivity index (χ2v) is 9.83. The molecule has 0 saturated carbocycles. The van der Waals surface area contributed by atoms with Crippen molar-refractivity contribution in [3.05, 3.63) is 59.9 Å². The minimum absolute atomic E-state index is 0.123. The zero-order valence-electron chi connectivity index (χ0n) is 18.4. The molecule has 32 heavy (non-hydrogen) atoms. The molecule has 0 radical (unpaired) electrons. The van der Waals surface area contributed by atoms with Gasteiger partial charge in [0, 0.05) is 39.9 Å². The van der Waals surface area contributed by atoms with Crippen molar-refractivity contribution in [1.82, 2.24) is 13.8 Å². The monoisotopic (exact) mass is 457 g/mol. The second kappa shape index (κ2) is 8.93. The number of carbonyl (C=O) groups is 1. The molecule has 1 amide bonds. The quantitative estimate of drug-likeness (QED) is 0.568. The van der Waals surface area contributed by atoms with Gasteiger partial charge in [-0.2, -0.15) is 4.31 Å². The molecule has 1 fully saturated rings. The third kappa shape index (κ3) is 4.36. The fourth-order valence-corrected chi connectivity index (χ4v) is 5.34. The van der Waals surface area contributed by atoms with E-state index in [9.17, 15) is 13.2 Å².